The SMILES string of the molecule is COc1ccc(S(=O)(=O)CN(c2cccnc2)c2c(C(=O)NO)cnc3c2c(C)nn3C)cc1.Cl. The number of anilines is 2. The third-order valence-electron chi connectivity index (χ3n) is 5.29. The lowest BCUT2D eigenvalue weighted by atomic mass is 10.1. The van der Waals surface area contributed by atoms with Crippen molar-refractivity contribution < 1.29 is 23.2 Å². The largest absolute Gasteiger partial charge is 0.497 e. The maximum Gasteiger partial charge on any atom is 0.278 e. The van der Waals surface area contributed by atoms with E-state index in [9.17, 15) is 18.4 Å². The lowest BCUT2D eigenvalue weighted by Gasteiger charge is -2.27. The lowest BCUT2D eigenvalue weighted by molar-refractivity contribution is 0.0707. The van der Waals surface area contributed by atoms with E-state index in [2.05, 4.69) is 15.1 Å². The number of sulfone groups is 1. The van der Waals surface area contributed by atoms with Gasteiger partial charge < -0.3 is 9.64 Å². The first kappa shape index (κ1) is 25.9. The number of hydrogen-bond donors (Lipinski definition) is 2. The van der Waals surface area contributed by atoms with Crippen molar-refractivity contribution in [1.29, 1.82) is 0 Å². The molecule has 0 spiro atoms. The van der Waals surface area contributed by atoms with Gasteiger partial charge in [0.15, 0.2) is 15.5 Å². The van der Waals surface area contributed by atoms with Crippen molar-refractivity contribution in [1.82, 2.24) is 25.2 Å². The van der Waals surface area contributed by atoms with Gasteiger partial charge >= 0.3 is 0 Å². The minimum atomic E-state index is -3.90. The summed E-state index contributed by atoms with van der Waals surface area (Å²) >= 11 is 0. The monoisotopic (exact) mass is 518 g/mol. The molecule has 0 saturated carbocycles. The van der Waals surface area contributed by atoms with Gasteiger partial charge in [-0.3, -0.25) is 19.7 Å². The fourth-order valence-corrected chi connectivity index (χ4v) is 5.03. The highest BCUT2D eigenvalue weighted by molar-refractivity contribution is 7.91. The molecule has 3 aromatic heterocycles. The van der Waals surface area contributed by atoms with Crippen molar-refractivity contribution in [3.05, 3.63) is 66.2 Å². The van der Waals surface area contributed by atoms with Crippen LogP contribution in [-0.4, -0.2) is 52.3 Å². The number of aromatic nitrogens is 4. The van der Waals surface area contributed by atoms with Crippen LogP contribution in [0.25, 0.3) is 11.0 Å². The Balaban J connectivity index is 0.00000342. The predicted octanol–water partition coefficient (Wildman–Crippen LogP) is 2.79. The molecule has 0 fully saturated rings. The summed E-state index contributed by atoms with van der Waals surface area (Å²) in [6, 6.07) is 9.35. The molecule has 0 atom stereocenters. The Kier molecular flexibility index (Phi) is 7.58. The van der Waals surface area contributed by atoms with Gasteiger partial charge in [0, 0.05) is 19.4 Å². The zero-order valence-corrected chi connectivity index (χ0v) is 20.7. The molecule has 184 valence electrons. The Bertz CT molecular complexity index is 1460. The molecule has 0 saturated heterocycles. The zero-order chi connectivity index (χ0) is 24.5. The van der Waals surface area contributed by atoms with E-state index in [1.807, 2.05) is 0 Å². The van der Waals surface area contributed by atoms with Crippen LogP contribution in [0.5, 0.6) is 5.75 Å². The predicted molar refractivity (Wildman–Crippen MR) is 131 cm³/mol. The van der Waals surface area contributed by atoms with Crippen molar-refractivity contribution >= 4 is 50.6 Å². The number of fused-ring (bicyclic) bond motifs is 1. The molecule has 0 aliphatic carbocycles. The molecule has 0 radical (unpaired) electrons. The first-order chi connectivity index (χ1) is 16.3. The highest BCUT2D eigenvalue weighted by Crippen LogP contribution is 2.37. The van der Waals surface area contributed by atoms with Crippen molar-refractivity contribution in [2.75, 3.05) is 17.9 Å². The Morgan fingerprint density at radius 1 is 1.20 bits per heavy atom. The number of hydroxylamine groups is 1. The minimum absolute atomic E-state index is 0. The van der Waals surface area contributed by atoms with Crippen LogP contribution in [0.1, 0.15) is 16.1 Å². The van der Waals surface area contributed by atoms with E-state index in [0.717, 1.165) is 0 Å². The summed E-state index contributed by atoms with van der Waals surface area (Å²) in [6.07, 6.45) is 4.31. The normalized spacial score (nSPS) is 11.1. The van der Waals surface area contributed by atoms with Gasteiger partial charge in [0.2, 0.25) is 0 Å². The van der Waals surface area contributed by atoms with E-state index in [0.29, 0.717) is 28.2 Å². The van der Waals surface area contributed by atoms with Crippen LogP contribution in [0.15, 0.2) is 59.9 Å². The quantitative estimate of drug-likeness (QED) is 0.279. The van der Waals surface area contributed by atoms with E-state index < -0.39 is 21.6 Å². The number of halogens is 1. The van der Waals surface area contributed by atoms with Crippen LogP contribution < -0.4 is 15.1 Å². The smallest absolute Gasteiger partial charge is 0.278 e. The fraction of sp³-hybridized carbons (Fsp3) is 0.182. The number of carbonyl (C=O) groups is 1. The second kappa shape index (κ2) is 10.3. The van der Waals surface area contributed by atoms with Crippen LogP contribution in [0, 0.1) is 6.92 Å². The summed E-state index contributed by atoms with van der Waals surface area (Å²) in [6.45, 7) is 1.73. The van der Waals surface area contributed by atoms with E-state index >= 15 is 0 Å². The standard InChI is InChI=1S/C22H22N6O5S.ClH/c1-14-19-20(18(22(29)26-30)12-24-21(19)27(2)25-14)28(15-5-4-10-23-11-15)13-34(31,32)17-8-6-16(33-3)7-9-17;/h4-12,30H,13H2,1-3H3,(H,26,29);1H. The average Bonchev–Trinajstić information content (AvgIpc) is 3.15. The second-order valence-electron chi connectivity index (χ2n) is 7.43. The summed E-state index contributed by atoms with van der Waals surface area (Å²) in [5.41, 5.74) is 3.21. The van der Waals surface area contributed by atoms with Gasteiger partial charge in [-0.05, 0) is 43.3 Å². The molecule has 0 bridgehead atoms. The third kappa shape index (κ3) is 4.90. The summed E-state index contributed by atoms with van der Waals surface area (Å²) in [7, 11) is -0.717. The van der Waals surface area contributed by atoms with Gasteiger partial charge in [-0.15, -0.1) is 12.4 Å². The first-order valence-electron chi connectivity index (χ1n) is 10.1. The van der Waals surface area contributed by atoms with Crippen LogP contribution >= 0.6 is 12.4 Å². The Labute approximate surface area is 207 Å². The maximum atomic E-state index is 13.5. The number of amides is 1. The van der Waals surface area contributed by atoms with Crippen LogP contribution in [0.4, 0.5) is 11.4 Å². The number of benzene rings is 1. The van der Waals surface area contributed by atoms with Crippen LogP contribution in [0.2, 0.25) is 0 Å². The number of nitrogens with one attached hydrogen (secondary N) is 1. The molecule has 0 unspecified atom stereocenters. The van der Waals surface area contributed by atoms with Gasteiger partial charge in [0.1, 0.15) is 11.6 Å². The van der Waals surface area contributed by atoms with E-state index in [-0.39, 0.29) is 28.6 Å². The Morgan fingerprint density at radius 2 is 1.91 bits per heavy atom. The number of rotatable bonds is 7. The van der Waals surface area contributed by atoms with Gasteiger partial charge in [-0.2, -0.15) is 5.10 Å². The number of hydrogen-bond acceptors (Lipinski definition) is 9. The van der Waals surface area contributed by atoms with Gasteiger partial charge in [0.25, 0.3) is 5.91 Å². The fourth-order valence-electron chi connectivity index (χ4n) is 3.71. The third-order valence-corrected chi connectivity index (χ3v) is 6.88. The summed E-state index contributed by atoms with van der Waals surface area (Å²) in [5.74, 6) is -0.848. The molecular formula is C22H23ClN6O5S. The minimum Gasteiger partial charge on any atom is -0.497 e. The van der Waals surface area contributed by atoms with E-state index in [4.69, 9.17) is 4.74 Å². The molecule has 3 heterocycles. The zero-order valence-electron chi connectivity index (χ0n) is 19.0. The van der Waals surface area contributed by atoms with Crippen molar-refractivity contribution in [2.45, 2.75) is 11.8 Å². The van der Waals surface area contributed by atoms with Crippen molar-refractivity contribution in [2.24, 2.45) is 7.05 Å². The second-order valence-corrected chi connectivity index (χ2v) is 9.39. The van der Waals surface area contributed by atoms with Crippen LogP contribution in [0.3, 0.4) is 0 Å². The van der Waals surface area contributed by atoms with Crippen LogP contribution in [-0.2, 0) is 16.9 Å². The molecule has 4 rings (SSSR count). The highest BCUT2D eigenvalue weighted by Gasteiger charge is 2.29. The van der Waals surface area contributed by atoms with Gasteiger partial charge in [0.05, 0.1) is 46.2 Å². The molecule has 0 aliphatic rings. The first-order valence-corrected chi connectivity index (χ1v) is 11.7. The summed E-state index contributed by atoms with van der Waals surface area (Å²) in [5, 5.41) is 14.2. The topological polar surface area (TPSA) is 140 Å². The van der Waals surface area contributed by atoms with Crippen molar-refractivity contribution in [3.8, 4) is 5.75 Å². The number of nitrogens with zero attached hydrogens (tertiary/aromatic N) is 5. The molecule has 13 heteroatoms. The Morgan fingerprint density at radius 3 is 2.51 bits per heavy atom. The molecule has 4 aromatic rings. The molecule has 0 aliphatic heterocycles. The van der Waals surface area contributed by atoms with Crippen molar-refractivity contribution in [3.63, 3.8) is 0 Å². The summed E-state index contributed by atoms with van der Waals surface area (Å²) < 4.78 is 33.6. The number of aryl methyl sites for hydroxylation is 2. The number of carbonyl (C=O) groups excluding carboxylic acids is 1. The van der Waals surface area contributed by atoms with Gasteiger partial charge in [-0.25, -0.2) is 18.9 Å². The van der Waals surface area contributed by atoms with E-state index in [1.165, 1.54) is 41.2 Å². The molecule has 2 N–H and O–H groups in total. The number of ether oxygens (including phenoxy) is 1. The molecule has 11 nitrogen and oxygen atoms in total. The molecule has 35 heavy (non-hydrogen) atoms. The molecule has 1 aromatic carbocycles. The van der Waals surface area contributed by atoms with E-state index in [1.54, 1.807) is 49.9 Å². The number of pyridine rings is 2. The lowest BCUT2D eigenvalue weighted by Crippen LogP contribution is -2.29. The average molecular weight is 519 g/mol. The highest BCUT2D eigenvalue weighted by atomic mass is 35.5. The maximum absolute atomic E-state index is 13.5. The Hall–Kier alpha value is -3.74. The van der Waals surface area contributed by atoms with Gasteiger partial charge in [-0.1, -0.05) is 0 Å². The number of methoxy groups -OCH3 is 1. The summed E-state index contributed by atoms with van der Waals surface area (Å²) in [4.78, 5) is 22.6. The molecule has 1 amide bonds. The molecular weight excluding hydrogens is 496 g/mol.